The number of ether oxygens (including phenoxy) is 2. The monoisotopic (exact) mass is 513 g/mol. The highest BCUT2D eigenvalue weighted by molar-refractivity contribution is 5.87. The number of hydrogen-bond donors (Lipinski definition) is 0. The Balaban J connectivity index is 1.30. The molecule has 0 saturated carbocycles. The van der Waals surface area contributed by atoms with Crippen molar-refractivity contribution >= 4 is 11.7 Å². The summed E-state index contributed by atoms with van der Waals surface area (Å²) in [5, 5.41) is 0. The van der Waals surface area contributed by atoms with E-state index in [1.807, 2.05) is 27.5 Å². The fourth-order valence-electron chi connectivity index (χ4n) is 5.30. The topological polar surface area (TPSA) is 72.2 Å². The maximum atomic E-state index is 14.2. The Hall–Kier alpha value is -4.24. The third kappa shape index (κ3) is 4.39. The summed E-state index contributed by atoms with van der Waals surface area (Å²) in [5.74, 6) is 1.82. The largest absolute Gasteiger partial charge is 0.494 e. The van der Waals surface area contributed by atoms with E-state index in [0.717, 1.165) is 42.2 Å². The van der Waals surface area contributed by atoms with Crippen LogP contribution in [0.1, 0.15) is 11.5 Å². The van der Waals surface area contributed by atoms with Crippen LogP contribution in [0.2, 0.25) is 0 Å². The average molecular weight is 514 g/mol. The van der Waals surface area contributed by atoms with E-state index < -0.39 is 0 Å². The number of methoxy groups -OCH3 is 1. The lowest BCUT2D eigenvalue weighted by Gasteiger charge is -2.35. The van der Waals surface area contributed by atoms with E-state index in [1.54, 1.807) is 25.6 Å². The van der Waals surface area contributed by atoms with E-state index in [0.29, 0.717) is 42.5 Å². The highest BCUT2D eigenvalue weighted by Crippen LogP contribution is 2.40. The van der Waals surface area contributed by atoms with Crippen LogP contribution in [0.25, 0.3) is 28.3 Å². The molecule has 2 aromatic heterocycles. The van der Waals surface area contributed by atoms with Gasteiger partial charge >= 0.3 is 0 Å². The van der Waals surface area contributed by atoms with Crippen LogP contribution >= 0.6 is 0 Å². The quantitative estimate of drug-likeness (QED) is 0.363. The standard InChI is InChI=1S/C29H28FN5O3/c1-3-26(36)34-11-9-33(10-12-34)16-21-18-38-25-14-19(7-8-24(21)25)27-28(20-5-4-6-22(30)13-20)35-17-23(37-2)15-31-29(35)32-27/h3-8,13-15,17,21H,1,9-12,16,18H2,2H3. The van der Waals surface area contributed by atoms with Crippen molar-refractivity contribution in [2.24, 2.45) is 0 Å². The second-order valence-electron chi connectivity index (χ2n) is 9.57. The van der Waals surface area contributed by atoms with Crippen molar-refractivity contribution in [3.63, 3.8) is 0 Å². The number of benzene rings is 2. The molecule has 0 radical (unpaired) electrons. The van der Waals surface area contributed by atoms with Gasteiger partial charge in [0.2, 0.25) is 11.7 Å². The molecule has 38 heavy (non-hydrogen) atoms. The summed E-state index contributed by atoms with van der Waals surface area (Å²) < 4.78 is 27.6. The lowest BCUT2D eigenvalue weighted by atomic mass is 9.97. The van der Waals surface area contributed by atoms with Gasteiger partial charge in [0.05, 0.1) is 37.5 Å². The van der Waals surface area contributed by atoms with E-state index in [-0.39, 0.29) is 17.6 Å². The molecule has 2 aliphatic heterocycles. The van der Waals surface area contributed by atoms with Gasteiger partial charge in [0.15, 0.2) is 5.75 Å². The normalized spacial score (nSPS) is 17.3. The lowest BCUT2D eigenvalue weighted by Crippen LogP contribution is -2.49. The Kier molecular flexibility index (Phi) is 6.29. The molecular formula is C29H28FN5O3. The van der Waals surface area contributed by atoms with E-state index in [1.165, 1.54) is 18.2 Å². The maximum Gasteiger partial charge on any atom is 0.246 e. The van der Waals surface area contributed by atoms with Crippen LogP contribution in [0.3, 0.4) is 0 Å². The van der Waals surface area contributed by atoms with Gasteiger partial charge in [-0.3, -0.25) is 14.1 Å². The van der Waals surface area contributed by atoms with E-state index in [2.05, 4.69) is 22.5 Å². The van der Waals surface area contributed by atoms with Gasteiger partial charge in [0, 0.05) is 55.3 Å². The van der Waals surface area contributed by atoms with Gasteiger partial charge in [-0.15, -0.1) is 0 Å². The van der Waals surface area contributed by atoms with Crippen LogP contribution in [0.5, 0.6) is 11.5 Å². The number of imidazole rings is 1. The van der Waals surface area contributed by atoms with Gasteiger partial charge in [-0.05, 0) is 24.3 Å². The van der Waals surface area contributed by atoms with E-state index in [4.69, 9.17) is 14.5 Å². The molecule has 6 rings (SSSR count). The minimum absolute atomic E-state index is 0.00933. The molecule has 0 bridgehead atoms. The van der Waals surface area contributed by atoms with Crippen molar-refractivity contribution in [3.05, 3.63) is 78.9 Å². The molecule has 0 spiro atoms. The summed E-state index contributed by atoms with van der Waals surface area (Å²) in [5.41, 5.74) is 4.14. The SMILES string of the molecule is C=CC(=O)N1CCN(CC2COc3cc(-c4nc5ncc(OC)cn5c4-c4cccc(F)c4)ccc32)CC1. The molecule has 1 saturated heterocycles. The Morgan fingerprint density at radius 1 is 1.18 bits per heavy atom. The van der Waals surface area contributed by atoms with Gasteiger partial charge in [-0.25, -0.2) is 14.4 Å². The van der Waals surface area contributed by atoms with Gasteiger partial charge in [-0.1, -0.05) is 30.8 Å². The van der Waals surface area contributed by atoms with Crippen LogP contribution < -0.4 is 9.47 Å². The molecule has 9 heteroatoms. The van der Waals surface area contributed by atoms with Crippen LogP contribution in [0, 0.1) is 5.82 Å². The number of hydrogen-bond acceptors (Lipinski definition) is 6. The molecule has 1 fully saturated rings. The number of piperazine rings is 1. The molecular weight excluding hydrogens is 485 g/mol. The molecule has 1 unspecified atom stereocenters. The minimum Gasteiger partial charge on any atom is -0.494 e. The van der Waals surface area contributed by atoms with Crippen LogP contribution in [0.4, 0.5) is 4.39 Å². The highest BCUT2D eigenvalue weighted by Gasteiger charge is 2.29. The van der Waals surface area contributed by atoms with Crippen molar-refractivity contribution in [2.75, 3.05) is 46.4 Å². The Morgan fingerprint density at radius 2 is 2.03 bits per heavy atom. The van der Waals surface area contributed by atoms with Gasteiger partial charge in [0.1, 0.15) is 11.6 Å². The summed E-state index contributed by atoms with van der Waals surface area (Å²) in [6, 6.07) is 12.6. The average Bonchev–Trinajstić information content (AvgIpc) is 3.53. The Morgan fingerprint density at radius 3 is 2.79 bits per heavy atom. The zero-order valence-corrected chi connectivity index (χ0v) is 21.1. The van der Waals surface area contributed by atoms with Crippen LogP contribution in [0.15, 0.2) is 67.5 Å². The first-order chi connectivity index (χ1) is 18.5. The number of aromatic nitrogens is 3. The number of fused-ring (bicyclic) bond motifs is 2. The van der Waals surface area contributed by atoms with Crippen molar-refractivity contribution in [1.29, 1.82) is 0 Å². The summed E-state index contributed by atoms with van der Waals surface area (Å²) in [6.07, 6.45) is 4.80. The summed E-state index contributed by atoms with van der Waals surface area (Å²) in [6.45, 7) is 8.14. The molecule has 0 aliphatic carbocycles. The van der Waals surface area contributed by atoms with Crippen LogP contribution in [-0.2, 0) is 4.79 Å². The highest BCUT2D eigenvalue weighted by atomic mass is 19.1. The van der Waals surface area contributed by atoms with Gasteiger partial charge in [-0.2, -0.15) is 0 Å². The van der Waals surface area contributed by atoms with Crippen molar-refractivity contribution in [3.8, 4) is 34.0 Å². The van der Waals surface area contributed by atoms with Gasteiger partial charge < -0.3 is 14.4 Å². The molecule has 4 heterocycles. The van der Waals surface area contributed by atoms with Gasteiger partial charge in [0.25, 0.3) is 0 Å². The number of nitrogens with zero attached hydrogens (tertiary/aromatic N) is 5. The second-order valence-corrected chi connectivity index (χ2v) is 9.57. The van der Waals surface area contributed by atoms with Crippen molar-refractivity contribution in [2.45, 2.75) is 5.92 Å². The fourth-order valence-corrected chi connectivity index (χ4v) is 5.30. The van der Waals surface area contributed by atoms with E-state index >= 15 is 0 Å². The third-order valence-electron chi connectivity index (χ3n) is 7.29. The first-order valence-corrected chi connectivity index (χ1v) is 12.6. The maximum absolute atomic E-state index is 14.2. The molecule has 0 N–H and O–H groups in total. The lowest BCUT2D eigenvalue weighted by molar-refractivity contribution is -0.127. The van der Waals surface area contributed by atoms with Crippen molar-refractivity contribution in [1.82, 2.24) is 24.2 Å². The molecule has 4 aromatic rings. The van der Waals surface area contributed by atoms with Crippen molar-refractivity contribution < 1.29 is 18.7 Å². The Bertz CT molecular complexity index is 1530. The first-order valence-electron chi connectivity index (χ1n) is 12.6. The number of carbonyl (C=O) groups excluding carboxylic acids is 1. The fraction of sp³-hybridized carbons (Fsp3) is 0.276. The summed E-state index contributed by atoms with van der Waals surface area (Å²) in [4.78, 5) is 25.4. The number of carbonyl (C=O) groups is 1. The molecule has 194 valence electrons. The summed E-state index contributed by atoms with van der Waals surface area (Å²) in [7, 11) is 1.58. The predicted molar refractivity (Wildman–Crippen MR) is 142 cm³/mol. The predicted octanol–water partition coefficient (Wildman–Crippen LogP) is 4.02. The molecule has 2 aromatic carbocycles. The zero-order chi connectivity index (χ0) is 26.2. The molecule has 2 aliphatic rings. The molecule has 8 nitrogen and oxygen atoms in total. The molecule has 1 atom stereocenters. The minimum atomic E-state index is -0.325. The first kappa shape index (κ1) is 24.1. The smallest absolute Gasteiger partial charge is 0.246 e. The Labute approximate surface area is 219 Å². The van der Waals surface area contributed by atoms with E-state index in [9.17, 15) is 9.18 Å². The molecule has 1 amide bonds. The third-order valence-corrected chi connectivity index (χ3v) is 7.29. The number of halogens is 1. The summed E-state index contributed by atoms with van der Waals surface area (Å²) >= 11 is 0. The van der Waals surface area contributed by atoms with Crippen LogP contribution in [-0.4, -0.2) is 76.5 Å². The number of rotatable bonds is 6. The number of amides is 1. The second kappa shape index (κ2) is 9.90. The zero-order valence-electron chi connectivity index (χ0n) is 21.1.